The second-order valence-corrected chi connectivity index (χ2v) is 8.57. The van der Waals surface area contributed by atoms with Gasteiger partial charge >= 0.3 is 5.69 Å². The van der Waals surface area contributed by atoms with Crippen molar-refractivity contribution < 1.29 is 9.26 Å². The van der Waals surface area contributed by atoms with Crippen LogP contribution >= 0.6 is 0 Å². The fourth-order valence-corrected chi connectivity index (χ4v) is 4.22. The van der Waals surface area contributed by atoms with Crippen molar-refractivity contribution in [1.82, 2.24) is 19.3 Å². The summed E-state index contributed by atoms with van der Waals surface area (Å²) in [5, 5.41) is 4.64. The van der Waals surface area contributed by atoms with Gasteiger partial charge in [0.05, 0.1) is 16.5 Å². The summed E-state index contributed by atoms with van der Waals surface area (Å²) in [4.78, 5) is 30.7. The van der Waals surface area contributed by atoms with E-state index < -0.39 is 0 Å². The maximum atomic E-state index is 13.3. The maximum absolute atomic E-state index is 13.3. The second-order valence-electron chi connectivity index (χ2n) is 8.57. The first kappa shape index (κ1) is 21.1. The van der Waals surface area contributed by atoms with Gasteiger partial charge in [0.15, 0.2) is 0 Å². The van der Waals surface area contributed by atoms with Gasteiger partial charge < -0.3 is 9.26 Å². The summed E-state index contributed by atoms with van der Waals surface area (Å²) in [6.07, 6.45) is 1.66. The van der Waals surface area contributed by atoms with E-state index in [2.05, 4.69) is 10.1 Å². The van der Waals surface area contributed by atoms with Gasteiger partial charge in [-0.3, -0.25) is 13.9 Å². The van der Waals surface area contributed by atoms with Crippen LogP contribution in [0.4, 0.5) is 0 Å². The maximum Gasteiger partial charge on any atom is 0.332 e. The summed E-state index contributed by atoms with van der Waals surface area (Å²) in [6, 6.07) is 24.4. The number of benzene rings is 3. The van der Waals surface area contributed by atoms with Gasteiger partial charge in [-0.15, -0.1) is 0 Å². The zero-order valence-corrected chi connectivity index (χ0v) is 18.8. The Balaban J connectivity index is 1.33. The lowest BCUT2D eigenvalue weighted by Gasteiger charge is -2.12. The van der Waals surface area contributed by atoms with Crippen molar-refractivity contribution in [2.75, 3.05) is 0 Å². The zero-order chi connectivity index (χ0) is 23.8. The van der Waals surface area contributed by atoms with E-state index in [-0.39, 0.29) is 29.7 Å². The van der Waals surface area contributed by atoms with Crippen LogP contribution in [0.3, 0.4) is 0 Å². The minimum Gasteiger partial charge on any atom is -0.488 e. The third-order valence-electron chi connectivity index (χ3n) is 6.12. The van der Waals surface area contributed by atoms with Crippen molar-refractivity contribution in [3.05, 3.63) is 111 Å². The van der Waals surface area contributed by atoms with Crippen LogP contribution in [-0.2, 0) is 13.2 Å². The van der Waals surface area contributed by atoms with Crippen LogP contribution in [0.5, 0.6) is 5.75 Å². The lowest BCUT2D eigenvalue weighted by atomic mass is 10.2. The summed E-state index contributed by atoms with van der Waals surface area (Å²) in [7, 11) is 0. The SMILES string of the molecule is O=c1c2ccccc2n(Cc2nc(-c3ccccc3OCc3ccccc3)no2)c(=O)n1C1CC1. The summed E-state index contributed by atoms with van der Waals surface area (Å²) in [5.74, 6) is 1.27. The van der Waals surface area contributed by atoms with Crippen LogP contribution in [0.15, 0.2) is 93.0 Å². The number of aromatic nitrogens is 4. The van der Waals surface area contributed by atoms with Crippen molar-refractivity contribution in [1.29, 1.82) is 0 Å². The van der Waals surface area contributed by atoms with Gasteiger partial charge in [-0.05, 0) is 42.7 Å². The molecule has 0 N–H and O–H groups in total. The fraction of sp³-hybridized carbons (Fsp3) is 0.185. The Kier molecular flexibility index (Phi) is 5.25. The molecule has 8 nitrogen and oxygen atoms in total. The molecule has 1 saturated carbocycles. The average molecular weight is 466 g/mol. The van der Waals surface area contributed by atoms with E-state index in [1.165, 1.54) is 9.13 Å². The molecule has 5 aromatic rings. The van der Waals surface area contributed by atoms with Crippen LogP contribution in [-0.4, -0.2) is 19.3 Å². The van der Waals surface area contributed by atoms with Gasteiger partial charge in [0.2, 0.25) is 11.7 Å². The van der Waals surface area contributed by atoms with Crippen LogP contribution in [0.2, 0.25) is 0 Å². The standard InChI is InChI=1S/C27H22N4O4/c32-26-20-10-4-6-12-22(20)30(27(33)31(26)19-14-15-19)16-24-28-25(29-35-24)21-11-5-7-13-23(21)34-17-18-8-2-1-3-9-18/h1-13,19H,14-17H2. The lowest BCUT2D eigenvalue weighted by molar-refractivity contribution is 0.307. The zero-order valence-electron chi connectivity index (χ0n) is 18.8. The van der Waals surface area contributed by atoms with Gasteiger partial charge in [-0.25, -0.2) is 4.79 Å². The van der Waals surface area contributed by atoms with Gasteiger partial charge in [0.1, 0.15) is 18.9 Å². The van der Waals surface area contributed by atoms with E-state index in [0.29, 0.717) is 34.6 Å². The third-order valence-corrected chi connectivity index (χ3v) is 6.12. The number of hydrogen-bond acceptors (Lipinski definition) is 6. The van der Waals surface area contributed by atoms with Gasteiger partial charge in [0, 0.05) is 6.04 Å². The number of nitrogens with zero attached hydrogens (tertiary/aromatic N) is 4. The molecule has 0 amide bonds. The molecule has 35 heavy (non-hydrogen) atoms. The predicted molar refractivity (Wildman–Crippen MR) is 130 cm³/mol. The molecule has 2 heterocycles. The average Bonchev–Trinajstić information content (AvgIpc) is 3.62. The normalized spacial score (nSPS) is 13.3. The number of para-hydroxylation sites is 2. The molecule has 0 radical (unpaired) electrons. The molecule has 8 heteroatoms. The molecule has 0 unspecified atom stereocenters. The molecular formula is C27H22N4O4. The number of fused-ring (bicyclic) bond motifs is 1. The molecule has 174 valence electrons. The van der Waals surface area contributed by atoms with E-state index in [0.717, 1.165) is 18.4 Å². The molecule has 0 aliphatic heterocycles. The number of hydrogen-bond donors (Lipinski definition) is 0. The monoisotopic (exact) mass is 466 g/mol. The van der Waals surface area contributed by atoms with E-state index in [1.54, 1.807) is 24.3 Å². The first-order chi connectivity index (χ1) is 17.2. The molecule has 0 saturated heterocycles. The van der Waals surface area contributed by atoms with Gasteiger partial charge in [0.25, 0.3) is 5.56 Å². The van der Waals surface area contributed by atoms with Crippen molar-refractivity contribution in [2.24, 2.45) is 0 Å². The summed E-state index contributed by atoms with van der Waals surface area (Å²) in [5.41, 5.74) is 1.68. The minimum atomic E-state index is -0.359. The lowest BCUT2D eigenvalue weighted by Crippen LogP contribution is -2.39. The summed E-state index contributed by atoms with van der Waals surface area (Å²) >= 11 is 0. The van der Waals surface area contributed by atoms with Crippen molar-refractivity contribution in [2.45, 2.75) is 32.0 Å². The van der Waals surface area contributed by atoms with Gasteiger partial charge in [-0.2, -0.15) is 4.98 Å². The highest BCUT2D eigenvalue weighted by Crippen LogP contribution is 2.32. The fourth-order valence-electron chi connectivity index (χ4n) is 4.22. The Labute approximate surface area is 200 Å². The largest absolute Gasteiger partial charge is 0.488 e. The van der Waals surface area contributed by atoms with E-state index >= 15 is 0 Å². The van der Waals surface area contributed by atoms with Gasteiger partial charge in [-0.1, -0.05) is 59.8 Å². The molecule has 0 spiro atoms. The molecule has 0 atom stereocenters. The van der Waals surface area contributed by atoms with Crippen molar-refractivity contribution in [3.8, 4) is 17.1 Å². The van der Waals surface area contributed by atoms with Crippen LogP contribution in [0.25, 0.3) is 22.3 Å². The Morgan fingerprint density at radius 3 is 2.49 bits per heavy atom. The molecule has 0 bridgehead atoms. The first-order valence-corrected chi connectivity index (χ1v) is 11.5. The molecule has 2 aromatic heterocycles. The third kappa shape index (κ3) is 4.03. The van der Waals surface area contributed by atoms with Crippen molar-refractivity contribution >= 4 is 10.9 Å². The molecule has 1 aliphatic carbocycles. The number of ether oxygens (including phenoxy) is 1. The Morgan fingerprint density at radius 2 is 1.66 bits per heavy atom. The Hall–Kier alpha value is -4.46. The molecular weight excluding hydrogens is 444 g/mol. The number of rotatable bonds is 7. The first-order valence-electron chi connectivity index (χ1n) is 11.5. The quantitative estimate of drug-likeness (QED) is 0.357. The van der Waals surface area contributed by atoms with E-state index in [4.69, 9.17) is 9.26 Å². The summed E-state index contributed by atoms with van der Waals surface area (Å²) < 4.78 is 14.4. The summed E-state index contributed by atoms with van der Waals surface area (Å²) in [6.45, 7) is 0.471. The van der Waals surface area contributed by atoms with E-state index in [1.807, 2.05) is 54.6 Å². The highest BCUT2D eigenvalue weighted by atomic mass is 16.5. The van der Waals surface area contributed by atoms with E-state index in [9.17, 15) is 9.59 Å². The molecule has 1 aliphatic rings. The molecule has 3 aromatic carbocycles. The smallest absolute Gasteiger partial charge is 0.332 e. The topological polar surface area (TPSA) is 92.2 Å². The predicted octanol–water partition coefficient (Wildman–Crippen LogP) is 4.18. The van der Waals surface area contributed by atoms with Crippen LogP contribution in [0.1, 0.15) is 30.3 Å². The van der Waals surface area contributed by atoms with Crippen LogP contribution in [0, 0.1) is 0 Å². The minimum absolute atomic E-state index is 0.0438. The van der Waals surface area contributed by atoms with Crippen LogP contribution < -0.4 is 16.0 Å². The van der Waals surface area contributed by atoms with Crippen molar-refractivity contribution in [3.63, 3.8) is 0 Å². The Bertz CT molecular complexity index is 1630. The molecule has 6 rings (SSSR count). The molecule has 1 fully saturated rings. The highest BCUT2D eigenvalue weighted by Gasteiger charge is 2.29. The second kappa shape index (κ2) is 8.72. The Morgan fingerprint density at radius 1 is 0.914 bits per heavy atom. The highest BCUT2D eigenvalue weighted by molar-refractivity contribution is 5.78.